The molecule has 104 valence electrons. The highest BCUT2D eigenvalue weighted by molar-refractivity contribution is 5.78. The summed E-state index contributed by atoms with van der Waals surface area (Å²) in [5.41, 5.74) is 0. The van der Waals surface area contributed by atoms with Gasteiger partial charge in [0.1, 0.15) is 0 Å². The van der Waals surface area contributed by atoms with E-state index in [2.05, 4.69) is 0 Å². The summed E-state index contributed by atoms with van der Waals surface area (Å²) in [6.45, 7) is 4.19. The first-order valence-corrected chi connectivity index (χ1v) is 6.97. The maximum absolute atomic E-state index is 12.0. The van der Waals surface area contributed by atoms with Gasteiger partial charge in [-0.2, -0.15) is 0 Å². The second-order valence-corrected chi connectivity index (χ2v) is 5.12. The van der Waals surface area contributed by atoms with Crippen molar-refractivity contribution in [2.24, 2.45) is 5.92 Å². The Bertz CT molecular complexity index is 285. The lowest BCUT2D eigenvalue weighted by atomic mass is 9.93. The molecule has 0 bridgehead atoms. The van der Waals surface area contributed by atoms with Crippen molar-refractivity contribution in [3.8, 4) is 0 Å². The highest BCUT2D eigenvalue weighted by atomic mass is 16.5. The van der Waals surface area contributed by atoms with Crippen LogP contribution in [0.25, 0.3) is 0 Å². The van der Waals surface area contributed by atoms with Crippen molar-refractivity contribution in [2.75, 3.05) is 13.7 Å². The van der Waals surface area contributed by atoms with Gasteiger partial charge in [-0.15, -0.1) is 0 Å². The van der Waals surface area contributed by atoms with Crippen LogP contribution in [0, 0.1) is 5.92 Å². The third-order valence-electron chi connectivity index (χ3n) is 3.71. The predicted octanol–water partition coefficient (Wildman–Crippen LogP) is 2.37. The van der Waals surface area contributed by atoms with E-state index >= 15 is 0 Å². The molecule has 4 nitrogen and oxygen atoms in total. The van der Waals surface area contributed by atoms with Gasteiger partial charge < -0.3 is 9.64 Å². The molecule has 1 saturated carbocycles. The van der Waals surface area contributed by atoms with Crippen LogP contribution in [0.15, 0.2) is 0 Å². The summed E-state index contributed by atoms with van der Waals surface area (Å²) in [7, 11) is 1.39. The van der Waals surface area contributed by atoms with Crippen molar-refractivity contribution in [2.45, 2.75) is 58.4 Å². The third kappa shape index (κ3) is 4.00. The molecule has 1 atom stereocenters. The maximum Gasteiger partial charge on any atom is 0.310 e. The Hall–Kier alpha value is -1.06. The standard InChI is InChI=1S/C14H25NO3/c1-4-13(16)15(10-11(2)14(17)18-3)12-8-6-5-7-9-12/h11-12H,4-10H2,1-3H3. The minimum absolute atomic E-state index is 0.151. The SMILES string of the molecule is CCC(=O)N(CC(C)C(=O)OC)C1CCCCC1. The van der Waals surface area contributed by atoms with Gasteiger partial charge in [0.05, 0.1) is 13.0 Å². The molecule has 1 fully saturated rings. The molecule has 0 saturated heterocycles. The summed E-state index contributed by atoms with van der Waals surface area (Å²) in [4.78, 5) is 25.4. The van der Waals surface area contributed by atoms with Gasteiger partial charge in [0.2, 0.25) is 5.91 Å². The van der Waals surface area contributed by atoms with Crippen LogP contribution in [0.4, 0.5) is 0 Å². The van der Waals surface area contributed by atoms with E-state index in [1.807, 2.05) is 18.7 Å². The zero-order chi connectivity index (χ0) is 13.5. The number of carbonyl (C=O) groups excluding carboxylic acids is 2. The van der Waals surface area contributed by atoms with E-state index in [9.17, 15) is 9.59 Å². The van der Waals surface area contributed by atoms with E-state index in [-0.39, 0.29) is 17.8 Å². The molecular weight excluding hydrogens is 230 g/mol. The molecule has 1 amide bonds. The van der Waals surface area contributed by atoms with Gasteiger partial charge in [-0.25, -0.2) is 0 Å². The Kier molecular flexibility index (Phi) is 6.16. The Morgan fingerprint density at radius 1 is 1.28 bits per heavy atom. The normalized spacial score (nSPS) is 18.2. The Labute approximate surface area is 110 Å². The van der Waals surface area contributed by atoms with Crippen molar-refractivity contribution in [1.82, 2.24) is 4.90 Å². The molecule has 0 aromatic rings. The Morgan fingerprint density at radius 2 is 1.89 bits per heavy atom. The molecule has 1 aliphatic rings. The molecular formula is C14H25NO3. The summed E-state index contributed by atoms with van der Waals surface area (Å²) < 4.78 is 4.74. The monoisotopic (exact) mass is 255 g/mol. The fourth-order valence-electron chi connectivity index (χ4n) is 2.62. The van der Waals surface area contributed by atoms with E-state index in [0.29, 0.717) is 19.0 Å². The lowest BCUT2D eigenvalue weighted by Gasteiger charge is -2.35. The van der Waals surface area contributed by atoms with Gasteiger partial charge in [-0.3, -0.25) is 9.59 Å². The lowest BCUT2D eigenvalue weighted by Crippen LogP contribution is -2.44. The minimum atomic E-state index is -0.243. The van der Waals surface area contributed by atoms with Crippen LogP contribution in [-0.2, 0) is 14.3 Å². The molecule has 1 rings (SSSR count). The number of hydrogen-bond donors (Lipinski definition) is 0. The van der Waals surface area contributed by atoms with Crippen LogP contribution in [0.1, 0.15) is 52.4 Å². The second kappa shape index (κ2) is 7.39. The summed E-state index contributed by atoms with van der Waals surface area (Å²) in [6.07, 6.45) is 6.27. The fourth-order valence-corrected chi connectivity index (χ4v) is 2.62. The second-order valence-electron chi connectivity index (χ2n) is 5.12. The molecule has 0 N–H and O–H groups in total. The minimum Gasteiger partial charge on any atom is -0.469 e. The van der Waals surface area contributed by atoms with Crippen LogP contribution in [0.5, 0.6) is 0 Å². The zero-order valence-electron chi connectivity index (χ0n) is 11.8. The van der Waals surface area contributed by atoms with Gasteiger partial charge in [0, 0.05) is 19.0 Å². The molecule has 0 radical (unpaired) electrons. The van der Waals surface area contributed by atoms with Crippen LogP contribution in [0.2, 0.25) is 0 Å². The summed E-state index contributed by atoms with van der Waals surface area (Å²) in [5, 5.41) is 0. The highest BCUT2D eigenvalue weighted by Crippen LogP contribution is 2.24. The molecule has 1 aliphatic carbocycles. The number of carbonyl (C=O) groups is 2. The first kappa shape index (κ1) is 15.0. The predicted molar refractivity (Wildman–Crippen MR) is 70.1 cm³/mol. The molecule has 0 aromatic carbocycles. The number of esters is 1. The number of amides is 1. The number of ether oxygens (including phenoxy) is 1. The van der Waals surface area contributed by atoms with Crippen molar-refractivity contribution in [3.63, 3.8) is 0 Å². The van der Waals surface area contributed by atoms with Gasteiger partial charge >= 0.3 is 5.97 Å². The number of methoxy groups -OCH3 is 1. The number of hydrogen-bond acceptors (Lipinski definition) is 3. The molecule has 18 heavy (non-hydrogen) atoms. The van der Waals surface area contributed by atoms with E-state index in [0.717, 1.165) is 12.8 Å². The van der Waals surface area contributed by atoms with Crippen LogP contribution in [-0.4, -0.2) is 36.5 Å². The Balaban J connectivity index is 2.65. The van der Waals surface area contributed by atoms with Gasteiger partial charge in [-0.05, 0) is 12.8 Å². The van der Waals surface area contributed by atoms with Crippen molar-refractivity contribution in [1.29, 1.82) is 0 Å². The van der Waals surface area contributed by atoms with Crippen LogP contribution < -0.4 is 0 Å². The van der Waals surface area contributed by atoms with E-state index < -0.39 is 0 Å². The molecule has 0 spiro atoms. The van der Waals surface area contributed by atoms with Gasteiger partial charge in [-0.1, -0.05) is 33.1 Å². The van der Waals surface area contributed by atoms with Crippen LogP contribution >= 0.6 is 0 Å². The fraction of sp³-hybridized carbons (Fsp3) is 0.857. The average molecular weight is 255 g/mol. The molecule has 0 aromatic heterocycles. The average Bonchev–Trinajstić information content (AvgIpc) is 2.43. The van der Waals surface area contributed by atoms with E-state index in [1.165, 1.54) is 26.4 Å². The first-order valence-electron chi connectivity index (χ1n) is 6.97. The van der Waals surface area contributed by atoms with E-state index in [4.69, 9.17) is 4.74 Å². The quantitative estimate of drug-likeness (QED) is 0.708. The largest absolute Gasteiger partial charge is 0.469 e. The van der Waals surface area contributed by atoms with E-state index in [1.54, 1.807) is 0 Å². The third-order valence-corrected chi connectivity index (χ3v) is 3.71. The first-order chi connectivity index (χ1) is 8.60. The molecule has 0 aliphatic heterocycles. The van der Waals surface area contributed by atoms with Crippen LogP contribution in [0.3, 0.4) is 0 Å². The van der Waals surface area contributed by atoms with Gasteiger partial charge in [0.15, 0.2) is 0 Å². The van der Waals surface area contributed by atoms with Gasteiger partial charge in [0.25, 0.3) is 0 Å². The summed E-state index contributed by atoms with van der Waals surface area (Å²) >= 11 is 0. The topological polar surface area (TPSA) is 46.6 Å². The number of nitrogens with zero attached hydrogens (tertiary/aromatic N) is 1. The Morgan fingerprint density at radius 3 is 2.39 bits per heavy atom. The maximum atomic E-state index is 12.0. The summed E-state index contributed by atoms with van der Waals surface area (Å²) in [6, 6.07) is 0.318. The smallest absolute Gasteiger partial charge is 0.310 e. The van der Waals surface area contributed by atoms with Crippen molar-refractivity contribution >= 4 is 11.9 Å². The highest BCUT2D eigenvalue weighted by Gasteiger charge is 2.27. The van der Waals surface area contributed by atoms with Crippen molar-refractivity contribution in [3.05, 3.63) is 0 Å². The lowest BCUT2D eigenvalue weighted by molar-refractivity contribution is -0.147. The summed E-state index contributed by atoms with van der Waals surface area (Å²) in [5.74, 6) is -0.329. The number of rotatable bonds is 5. The zero-order valence-corrected chi connectivity index (χ0v) is 11.8. The molecule has 1 unspecified atom stereocenters. The molecule has 4 heteroatoms. The molecule has 0 heterocycles. The van der Waals surface area contributed by atoms with Crippen molar-refractivity contribution < 1.29 is 14.3 Å².